The third-order valence-electron chi connectivity index (χ3n) is 2.87. The summed E-state index contributed by atoms with van der Waals surface area (Å²) in [5.41, 5.74) is 0.592. The zero-order chi connectivity index (χ0) is 14.5. The Balaban J connectivity index is 2.18. The molecule has 0 N–H and O–H groups in total. The highest BCUT2D eigenvalue weighted by molar-refractivity contribution is 5.95. The summed E-state index contributed by atoms with van der Waals surface area (Å²) in [5.74, 6) is 0.0136. The van der Waals surface area contributed by atoms with Gasteiger partial charge in [0, 0.05) is 5.56 Å². The van der Waals surface area contributed by atoms with Crippen LogP contribution >= 0.6 is 0 Å². The summed E-state index contributed by atoms with van der Waals surface area (Å²) >= 11 is 0. The number of hydrogen-bond acceptors (Lipinski definition) is 5. The molecule has 0 fully saturated rings. The normalized spacial score (nSPS) is 10.3. The van der Waals surface area contributed by atoms with E-state index in [0.717, 1.165) is 0 Å². The van der Waals surface area contributed by atoms with Crippen molar-refractivity contribution < 1.29 is 19.0 Å². The molecule has 0 aliphatic carbocycles. The lowest BCUT2D eigenvalue weighted by atomic mass is 10.1. The van der Waals surface area contributed by atoms with Gasteiger partial charge in [0.05, 0.1) is 14.2 Å². The highest BCUT2D eigenvalue weighted by Gasteiger charge is 2.24. The molecule has 20 heavy (non-hydrogen) atoms. The Morgan fingerprint density at radius 2 is 2.00 bits per heavy atom. The average molecular weight is 275 g/mol. The van der Waals surface area contributed by atoms with Gasteiger partial charge in [-0.05, 0) is 0 Å². The number of carbonyl (C=O) groups is 2. The largest absolute Gasteiger partial charge is 0.469 e. The molecule has 1 aromatic carbocycles. The smallest absolute Gasteiger partial charge is 0.316 e. The number of ether oxygens (including phenoxy) is 1. The van der Waals surface area contributed by atoms with Gasteiger partial charge in [0.2, 0.25) is 5.78 Å². The monoisotopic (exact) mass is 275 g/mol. The molecule has 0 saturated carbocycles. The van der Waals surface area contributed by atoms with Crippen molar-refractivity contribution in [3.05, 3.63) is 41.7 Å². The van der Waals surface area contributed by atoms with E-state index in [1.165, 1.54) is 16.5 Å². The van der Waals surface area contributed by atoms with Gasteiger partial charge in [-0.15, -0.1) is 4.68 Å². The molecule has 0 aliphatic heterocycles. The first-order valence-electron chi connectivity index (χ1n) is 6.05. The Bertz CT molecular complexity index is 622. The molecule has 0 saturated heterocycles. The molecule has 1 aromatic heterocycles. The molecule has 0 spiro atoms. The lowest BCUT2D eigenvalue weighted by Crippen LogP contribution is -2.37. The van der Waals surface area contributed by atoms with Crippen LogP contribution in [0, 0.1) is 0 Å². The highest BCUT2D eigenvalue weighted by atomic mass is 16.5. The second-order valence-corrected chi connectivity index (χ2v) is 4.22. The van der Waals surface area contributed by atoms with E-state index in [9.17, 15) is 9.59 Å². The van der Waals surface area contributed by atoms with Crippen molar-refractivity contribution in [1.82, 2.24) is 15.1 Å². The number of esters is 1. The van der Waals surface area contributed by atoms with Crippen LogP contribution < -0.4 is 4.68 Å². The molecule has 1 heterocycles. The molecule has 0 amide bonds. The first kappa shape index (κ1) is 13.9. The van der Waals surface area contributed by atoms with Crippen LogP contribution in [0.1, 0.15) is 16.2 Å². The number of nitrogens with zero attached hydrogens (tertiary/aromatic N) is 4. The molecular weight excluding hydrogens is 260 g/mol. The minimum absolute atomic E-state index is 0.0159. The van der Waals surface area contributed by atoms with E-state index in [1.807, 2.05) is 6.07 Å². The van der Waals surface area contributed by atoms with Crippen LogP contribution in [-0.4, -0.2) is 34.0 Å². The number of rotatable bonds is 5. The van der Waals surface area contributed by atoms with Crippen LogP contribution in [0.25, 0.3) is 0 Å². The van der Waals surface area contributed by atoms with E-state index in [-0.39, 0.29) is 18.7 Å². The molecule has 0 bridgehead atoms. The number of methoxy groups -OCH3 is 1. The molecular formula is C13H15N4O3+. The van der Waals surface area contributed by atoms with Crippen molar-refractivity contribution in [1.29, 1.82) is 0 Å². The zero-order valence-corrected chi connectivity index (χ0v) is 11.3. The summed E-state index contributed by atoms with van der Waals surface area (Å²) in [7, 11) is 2.97. The zero-order valence-electron chi connectivity index (χ0n) is 11.3. The fourth-order valence-electron chi connectivity index (χ4n) is 1.76. The Kier molecular flexibility index (Phi) is 4.19. The Morgan fingerprint density at radius 3 is 2.65 bits per heavy atom. The number of Topliss-reactive ketones (excluding diaryl/α,β-unsaturated/α-hetero) is 1. The van der Waals surface area contributed by atoms with E-state index >= 15 is 0 Å². The number of aryl methyl sites for hydroxylation is 1. The van der Waals surface area contributed by atoms with Gasteiger partial charge in [-0.3, -0.25) is 9.59 Å². The molecule has 0 unspecified atom stereocenters. The predicted octanol–water partition coefficient (Wildman–Crippen LogP) is -0.299. The minimum Gasteiger partial charge on any atom is -0.469 e. The Morgan fingerprint density at radius 1 is 1.30 bits per heavy atom. The van der Waals surface area contributed by atoms with Gasteiger partial charge >= 0.3 is 5.97 Å². The Labute approximate surface area is 115 Å². The van der Waals surface area contributed by atoms with Crippen LogP contribution in [0.4, 0.5) is 0 Å². The van der Waals surface area contributed by atoms with Crippen LogP contribution in [0.15, 0.2) is 30.3 Å². The lowest BCUT2D eigenvalue weighted by molar-refractivity contribution is -0.738. The van der Waals surface area contributed by atoms with Crippen LogP contribution in [0.3, 0.4) is 0 Å². The summed E-state index contributed by atoms with van der Waals surface area (Å²) in [5, 5.41) is 7.69. The summed E-state index contributed by atoms with van der Waals surface area (Å²) in [6.07, 6.45) is 0.0159. The van der Waals surface area contributed by atoms with Crippen LogP contribution in [-0.2, 0) is 29.5 Å². The van der Waals surface area contributed by atoms with E-state index in [4.69, 9.17) is 0 Å². The van der Waals surface area contributed by atoms with Crippen molar-refractivity contribution in [3.8, 4) is 0 Å². The number of carbonyl (C=O) groups excluding carboxylic acids is 2. The molecule has 2 aromatic rings. The molecule has 7 heteroatoms. The van der Waals surface area contributed by atoms with E-state index < -0.39 is 5.97 Å². The average Bonchev–Trinajstić information content (AvgIpc) is 2.81. The van der Waals surface area contributed by atoms with Crippen molar-refractivity contribution in [3.63, 3.8) is 0 Å². The maximum Gasteiger partial charge on any atom is 0.316 e. The number of aromatic nitrogens is 4. The maximum atomic E-state index is 12.1. The first-order chi connectivity index (χ1) is 9.61. The van der Waals surface area contributed by atoms with Crippen molar-refractivity contribution in [2.75, 3.05) is 7.11 Å². The van der Waals surface area contributed by atoms with Crippen LogP contribution in [0.5, 0.6) is 0 Å². The third-order valence-corrected chi connectivity index (χ3v) is 2.87. The summed E-state index contributed by atoms with van der Waals surface area (Å²) < 4.78 is 7.48. The first-order valence-corrected chi connectivity index (χ1v) is 6.05. The molecule has 0 radical (unpaired) electrons. The predicted molar refractivity (Wildman–Crippen MR) is 67.7 cm³/mol. The number of benzene rings is 1. The van der Waals surface area contributed by atoms with Crippen molar-refractivity contribution in [2.24, 2.45) is 7.05 Å². The van der Waals surface area contributed by atoms with E-state index in [1.54, 1.807) is 31.3 Å². The van der Waals surface area contributed by atoms with Gasteiger partial charge in [0.25, 0.3) is 5.82 Å². The van der Waals surface area contributed by atoms with Crippen molar-refractivity contribution in [2.45, 2.75) is 13.0 Å². The van der Waals surface area contributed by atoms with E-state index in [2.05, 4.69) is 15.2 Å². The summed E-state index contributed by atoms with van der Waals surface area (Å²) in [6.45, 7) is 0.0319. The van der Waals surface area contributed by atoms with Gasteiger partial charge in [0.15, 0.2) is 11.8 Å². The number of tetrazole rings is 1. The molecule has 0 atom stereocenters. The fraction of sp³-hybridized carbons (Fsp3) is 0.308. The van der Waals surface area contributed by atoms with Gasteiger partial charge in [-0.25, -0.2) is 0 Å². The third kappa shape index (κ3) is 3.05. The molecule has 2 rings (SSSR count). The van der Waals surface area contributed by atoms with Gasteiger partial charge < -0.3 is 4.74 Å². The maximum absolute atomic E-state index is 12.1. The Hall–Kier alpha value is -2.57. The van der Waals surface area contributed by atoms with Gasteiger partial charge in [-0.2, -0.15) is 0 Å². The molecule has 104 valence electrons. The fourth-order valence-corrected chi connectivity index (χ4v) is 1.76. The van der Waals surface area contributed by atoms with Gasteiger partial charge in [0.1, 0.15) is 11.6 Å². The minimum atomic E-state index is -0.406. The summed E-state index contributed by atoms with van der Waals surface area (Å²) in [6, 6.07) is 8.90. The van der Waals surface area contributed by atoms with Crippen molar-refractivity contribution >= 4 is 11.8 Å². The number of hydrogen-bond donors (Lipinski definition) is 0. The highest BCUT2D eigenvalue weighted by Crippen LogP contribution is 2.03. The molecule has 7 nitrogen and oxygen atoms in total. The topological polar surface area (TPSA) is 78.0 Å². The van der Waals surface area contributed by atoms with Crippen LogP contribution in [0.2, 0.25) is 0 Å². The summed E-state index contributed by atoms with van der Waals surface area (Å²) in [4.78, 5) is 23.5. The lowest BCUT2D eigenvalue weighted by Gasteiger charge is -1.99. The molecule has 0 aliphatic rings. The quantitative estimate of drug-likeness (QED) is 0.425. The standard InChI is InChI=1S/C13H15N4O3/c1-16-12(8-13(19)20-2)17(15-14-16)9-11(18)10-6-4-3-5-7-10/h3-7H,8-9H2,1-2H3/q+1. The SMILES string of the molecule is COC(=O)Cc1n(CC(=O)c2ccccc2)nn[n+]1C. The second-order valence-electron chi connectivity index (χ2n) is 4.22. The van der Waals surface area contributed by atoms with E-state index in [0.29, 0.717) is 11.4 Å². The number of ketones is 1. The van der Waals surface area contributed by atoms with Gasteiger partial charge in [-0.1, -0.05) is 35.0 Å². The second kappa shape index (κ2) is 6.05.